The number of nitrogen functional groups attached to an aromatic ring is 1. The first-order chi connectivity index (χ1) is 17.2. The number of H-pyrrole nitrogens is 1. The smallest absolute Gasteiger partial charge is 0.390 e. The van der Waals surface area contributed by atoms with Crippen molar-refractivity contribution in [1.29, 1.82) is 0 Å². The van der Waals surface area contributed by atoms with Crippen LogP contribution in [0.5, 0.6) is 0 Å². The van der Waals surface area contributed by atoms with Gasteiger partial charge in [-0.15, -0.1) is 0 Å². The number of rotatable bonds is 11. The summed E-state index contributed by atoms with van der Waals surface area (Å²) in [7, 11) is -16.6. The number of aromatic nitrogens is 6. The van der Waals surface area contributed by atoms with Gasteiger partial charge in [-0.2, -0.15) is 8.62 Å². The number of aromatic amines is 1. The van der Waals surface area contributed by atoms with E-state index in [1.807, 2.05) is 0 Å². The Bertz CT molecular complexity index is 1400. The third kappa shape index (κ3) is 6.97. The van der Waals surface area contributed by atoms with Crippen molar-refractivity contribution in [2.75, 3.05) is 17.7 Å². The third-order valence-electron chi connectivity index (χ3n) is 4.81. The predicted molar refractivity (Wildman–Crippen MR) is 120 cm³/mol. The van der Waals surface area contributed by atoms with E-state index in [1.54, 1.807) is 6.20 Å². The number of fused-ring (bicyclic) bond motifs is 1. The van der Waals surface area contributed by atoms with Gasteiger partial charge in [0.2, 0.25) is 5.95 Å². The molecule has 204 valence electrons. The number of nitrogens with one attached hydrogen (secondary N) is 2. The highest BCUT2D eigenvalue weighted by atomic mass is 31.3. The van der Waals surface area contributed by atoms with Crippen molar-refractivity contribution in [2.45, 2.75) is 31.4 Å². The molecule has 0 aromatic carbocycles. The van der Waals surface area contributed by atoms with Crippen LogP contribution >= 0.6 is 23.5 Å². The second kappa shape index (κ2) is 10.5. The molecule has 3 aromatic rings. The maximum atomic E-state index is 12.0. The normalized spacial score (nSPS) is 23.6. The largest absolute Gasteiger partial charge is 0.490 e. The number of aliphatic hydroxyl groups is 1. The number of aliphatic hydroxyl groups excluding tert-OH is 1. The number of hydrogen-bond acceptors (Lipinski definition) is 14. The van der Waals surface area contributed by atoms with Crippen molar-refractivity contribution in [2.24, 2.45) is 0 Å². The first-order valence-corrected chi connectivity index (χ1v) is 14.6. The van der Waals surface area contributed by atoms with Crippen LogP contribution in [-0.4, -0.2) is 73.0 Å². The Morgan fingerprint density at radius 1 is 1.19 bits per heavy atom. The van der Waals surface area contributed by atoms with Gasteiger partial charge >= 0.3 is 23.5 Å². The molecule has 0 spiro atoms. The van der Waals surface area contributed by atoms with Gasteiger partial charge in [-0.1, -0.05) is 0 Å². The minimum Gasteiger partial charge on any atom is -0.390 e. The summed E-state index contributed by atoms with van der Waals surface area (Å²) in [6.45, 7) is -0.566. The van der Waals surface area contributed by atoms with Gasteiger partial charge in [0.1, 0.15) is 18.7 Å². The van der Waals surface area contributed by atoms with Gasteiger partial charge in [-0.3, -0.25) is 9.09 Å². The van der Waals surface area contributed by atoms with E-state index < -0.39 is 48.5 Å². The van der Waals surface area contributed by atoms with Gasteiger partial charge in [0.15, 0.2) is 17.0 Å². The van der Waals surface area contributed by atoms with Crippen LogP contribution < -0.4 is 11.1 Å². The molecule has 1 fully saturated rings. The Labute approximate surface area is 206 Å². The fraction of sp³-hybridized carbons (Fsp3) is 0.429. The quantitative estimate of drug-likeness (QED) is 0.134. The summed E-state index contributed by atoms with van der Waals surface area (Å²) in [5, 5.41) is 13.5. The molecule has 0 radical (unpaired) electrons. The molecule has 4 rings (SSSR count). The molecule has 4 heterocycles. The number of hydrogen-bond donors (Lipinski definition) is 8. The third-order valence-corrected chi connectivity index (χ3v) is 8.61. The zero-order chi connectivity index (χ0) is 27.0. The monoisotopic (exact) mass is 586 g/mol. The van der Waals surface area contributed by atoms with Crippen LogP contribution in [0.1, 0.15) is 18.3 Å². The van der Waals surface area contributed by atoms with Crippen LogP contribution in [0.3, 0.4) is 0 Å². The van der Waals surface area contributed by atoms with E-state index in [0.29, 0.717) is 0 Å². The minimum absolute atomic E-state index is 0.0709. The number of imidazole rings is 2. The van der Waals surface area contributed by atoms with Gasteiger partial charge in [-0.05, 0) is 0 Å². The molecular formula is C14H21N8O12P3. The Hall–Kier alpha value is -2.31. The maximum absolute atomic E-state index is 12.0. The van der Waals surface area contributed by atoms with E-state index in [0.717, 1.165) is 5.69 Å². The average molecular weight is 586 g/mol. The first-order valence-electron chi connectivity index (χ1n) is 10.0. The highest BCUT2D eigenvalue weighted by Gasteiger charge is 2.43. The summed E-state index contributed by atoms with van der Waals surface area (Å²) in [4.78, 5) is 55.4. The Morgan fingerprint density at radius 3 is 2.62 bits per heavy atom. The van der Waals surface area contributed by atoms with Crippen molar-refractivity contribution < 1.29 is 56.3 Å². The van der Waals surface area contributed by atoms with E-state index in [2.05, 4.69) is 43.4 Å². The standard InChI is InChI=1S/C14H21N8O12P3/c15-12-11-13(20-6-19-12)22(14(21-11)17-3-7-2-16-5-18-7)10-1-8(23)9(32-10)4-31-36(27,28)34-37(29,30)33-35(24,25)26/h2,5-6,8-10,23H,1,3-4H2,(H,16,18)(H,17,21)(H,27,28)(H,29,30)(H2,15,19,20)(H2,24,25,26)/t8-,9+,10+/m0/s1. The Kier molecular flexibility index (Phi) is 7.83. The second-order valence-electron chi connectivity index (χ2n) is 7.49. The molecule has 37 heavy (non-hydrogen) atoms. The first kappa shape index (κ1) is 27.7. The van der Waals surface area contributed by atoms with E-state index in [1.165, 1.54) is 17.2 Å². The lowest BCUT2D eigenvalue weighted by molar-refractivity contribution is -0.0417. The minimum atomic E-state index is -5.69. The molecule has 1 aliphatic rings. The fourth-order valence-electron chi connectivity index (χ4n) is 3.37. The van der Waals surface area contributed by atoms with E-state index in [9.17, 15) is 28.6 Å². The summed E-state index contributed by atoms with van der Waals surface area (Å²) in [5.41, 5.74) is 7.13. The Balaban J connectivity index is 1.48. The molecule has 0 aliphatic carbocycles. The summed E-state index contributed by atoms with van der Waals surface area (Å²) >= 11 is 0. The summed E-state index contributed by atoms with van der Waals surface area (Å²) in [6, 6.07) is 0. The SMILES string of the molecule is Nc1ncnc2c1nc(NCc1cnc[nH]1)n2[C@H]1C[C@H](O)[C@@H](COP(=O)(O)OP(=O)(O)OP(=O)(O)O)O1. The van der Waals surface area contributed by atoms with Gasteiger partial charge in [0.25, 0.3) is 0 Å². The zero-order valence-electron chi connectivity index (χ0n) is 18.3. The number of ether oxygens (including phenoxy) is 1. The fourth-order valence-corrected chi connectivity index (χ4v) is 6.40. The highest BCUT2D eigenvalue weighted by Crippen LogP contribution is 2.66. The van der Waals surface area contributed by atoms with Gasteiger partial charge in [0, 0.05) is 12.6 Å². The lowest BCUT2D eigenvalue weighted by Gasteiger charge is -2.20. The molecule has 2 unspecified atom stereocenters. The molecule has 23 heteroatoms. The van der Waals surface area contributed by atoms with Crippen LogP contribution in [0, 0.1) is 0 Å². The molecule has 20 nitrogen and oxygen atoms in total. The van der Waals surface area contributed by atoms with Crippen molar-refractivity contribution in [1.82, 2.24) is 29.5 Å². The average Bonchev–Trinajstić information content (AvgIpc) is 3.47. The topological polar surface area (TPSA) is 300 Å². The highest BCUT2D eigenvalue weighted by molar-refractivity contribution is 7.66. The molecule has 3 aromatic heterocycles. The van der Waals surface area contributed by atoms with Crippen molar-refractivity contribution in [3.63, 3.8) is 0 Å². The number of anilines is 2. The van der Waals surface area contributed by atoms with Crippen molar-refractivity contribution in [3.8, 4) is 0 Å². The van der Waals surface area contributed by atoms with Crippen molar-refractivity contribution in [3.05, 3.63) is 24.5 Å². The molecular weight excluding hydrogens is 565 g/mol. The lowest BCUT2D eigenvalue weighted by Crippen LogP contribution is -2.26. The molecule has 1 saturated heterocycles. The summed E-state index contributed by atoms with van der Waals surface area (Å²) in [5.74, 6) is 0.318. The van der Waals surface area contributed by atoms with Crippen LogP contribution in [-0.2, 0) is 38.1 Å². The molecule has 5 atom stereocenters. The van der Waals surface area contributed by atoms with Crippen LogP contribution in [0.25, 0.3) is 11.2 Å². The van der Waals surface area contributed by atoms with E-state index in [-0.39, 0.29) is 35.9 Å². The number of phosphoric ester groups is 1. The van der Waals surface area contributed by atoms with E-state index >= 15 is 0 Å². The van der Waals surface area contributed by atoms with Crippen LogP contribution in [0.2, 0.25) is 0 Å². The zero-order valence-corrected chi connectivity index (χ0v) is 21.0. The predicted octanol–water partition coefficient (Wildman–Crippen LogP) is -0.265. The maximum Gasteiger partial charge on any atom is 0.490 e. The van der Waals surface area contributed by atoms with Gasteiger partial charge < -0.3 is 45.5 Å². The van der Waals surface area contributed by atoms with Gasteiger partial charge in [0.05, 0.1) is 31.3 Å². The second-order valence-corrected chi connectivity index (χ2v) is 11.9. The summed E-state index contributed by atoms with van der Waals surface area (Å²) < 4.78 is 53.3. The summed E-state index contributed by atoms with van der Waals surface area (Å²) in [6.07, 6.45) is 0.741. The van der Waals surface area contributed by atoms with E-state index in [4.69, 9.17) is 20.3 Å². The molecule has 0 bridgehead atoms. The number of phosphoric acid groups is 3. The van der Waals surface area contributed by atoms with Crippen LogP contribution in [0.15, 0.2) is 18.9 Å². The molecule has 1 aliphatic heterocycles. The molecule has 0 saturated carbocycles. The molecule has 0 amide bonds. The number of nitrogens with two attached hydrogens (primary N) is 1. The van der Waals surface area contributed by atoms with Crippen molar-refractivity contribution >= 4 is 46.4 Å². The Morgan fingerprint density at radius 2 is 1.95 bits per heavy atom. The molecule has 9 N–H and O–H groups in total. The van der Waals surface area contributed by atoms with Gasteiger partial charge in [-0.25, -0.2) is 33.6 Å². The van der Waals surface area contributed by atoms with Crippen LogP contribution in [0.4, 0.5) is 11.8 Å². The number of nitrogens with zero attached hydrogens (tertiary/aromatic N) is 5. The lowest BCUT2D eigenvalue weighted by atomic mass is 10.2.